The van der Waals surface area contributed by atoms with Gasteiger partial charge in [-0.05, 0) is 31.0 Å². The number of carbonyl (C=O) groups is 1. The summed E-state index contributed by atoms with van der Waals surface area (Å²) in [5, 5.41) is 16.9. The van der Waals surface area contributed by atoms with Crippen molar-refractivity contribution >= 4 is 5.97 Å². The summed E-state index contributed by atoms with van der Waals surface area (Å²) in [5.41, 5.74) is 1.09. The van der Waals surface area contributed by atoms with Crippen molar-refractivity contribution in [3.63, 3.8) is 0 Å². The zero-order valence-electron chi connectivity index (χ0n) is 18.8. The molecule has 0 amide bonds. The Morgan fingerprint density at radius 1 is 0.793 bits per heavy atom. The van der Waals surface area contributed by atoms with Gasteiger partial charge in [-0.25, -0.2) is 4.79 Å². The van der Waals surface area contributed by atoms with Gasteiger partial charge in [-0.3, -0.25) is 0 Å². The van der Waals surface area contributed by atoms with E-state index in [0.29, 0.717) is 12.2 Å². The molecule has 0 heterocycles. The highest BCUT2D eigenvalue weighted by Crippen LogP contribution is 2.13. The summed E-state index contributed by atoms with van der Waals surface area (Å²) in [4.78, 5) is 14.3. The first-order valence-corrected chi connectivity index (χ1v) is 11.7. The summed E-state index contributed by atoms with van der Waals surface area (Å²) < 4.78 is 0. The number of hydrogen-bond acceptors (Lipinski definition) is 4. The monoisotopic (exact) mass is 408 g/mol. The molecule has 2 N–H and O–H groups in total. The summed E-state index contributed by atoms with van der Waals surface area (Å²) in [6, 6.07) is 7.15. The van der Waals surface area contributed by atoms with Crippen molar-refractivity contribution in [2.75, 3.05) is 0 Å². The molecule has 0 bridgehead atoms. The van der Waals surface area contributed by atoms with Gasteiger partial charge in [0.1, 0.15) is 5.75 Å². The van der Waals surface area contributed by atoms with Gasteiger partial charge in [0.15, 0.2) is 0 Å². The van der Waals surface area contributed by atoms with Gasteiger partial charge < -0.3 is 9.99 Å². The molecule has 0 aromatic heterocycles. The van der Waals surface area contributed by atoms with Crippen LogP contribution in [0.15, 0.2) is 24.3 Å². The summed E-state index contributed by atoms with van der Waals surface area (Å²) in [5.74, 6) is -0.172. The minimum absolute atomic E-state index is 0.338. The Morgan fingerprint density at radius 2 is 1.24 bits per heavy atom. The third-order valence-corrected chi connectivity index (χ3v) is 5.09. The molecule has 0 unspecified atom stereocenters. The van der Waals surface area contributed by atoms with Crippen LogP contribution < -0.4 is 0 Å². The van der Waals surface area contributed by atoms with E-state index in [9.17, 15) is 4.79 Å². The first-order valence-electron chi connectivity index (χ1n) is 11.7. The van der Waals surface area contributed by atoms with E-state index < -0.39 is 5.97 Å². The normalized spacial score (nSPS) is 10.3. The molecule has 0 saturated carbocycles. The Kier molecular flexibility index (Phi) is 20.0. The molecule has 0 atom stereocenters. The predicted molar refractivity (Wildman–Crippen MR) is 121 cm³/mol. The minimum atomic E-state index is -0.510. The molecule has 0 aliphatic carbocycles. The number of phenolic OH excluding ortho intramolecular Hbond substituents is 1. The fourth-order valence-electron chi connectivity index (χ4n) is 3.31. The number of rotatable bonds is 16. The Morgan fingerprint density at radius 3 is 1.59 bits per heavy atom. The number of aromatic hydroxyl groups is 1. The Labute approximate surface area is 178 Å². The topological polar surface area (TPSA) is 66.8 Å². The number of benzene rings is 1. The van der Waals surface area contributed by atoms with Crippen LogP contribution >= 0.6 is 0 Å². The Balaban J connectivity index is 0.000000807. The molecular formula is C25H44O4. The average Bonchev–Trinajstić information content (AvgIpc) is 2.71. The van der Waals surface area contributed by atoms with Crippen LogP contribution in [0.3, 0.4) is 0 Å². The van der Waals surface area contributed by atoms with Crippen molar-refractivity contribution in [3.05, 3.63) is 29.8 Å². The van der Waals surface area contributed by atoms with Gasteiger partial charge in [0, 0.05) is 6.42 Å². The molecule has 0 saturated heterocycles. The van der Waals surface area contributed by atoms with Gasteiger partial charge >= 0.3 is 5.97 Å². The highest BCUT2D eigenvalue weighted by Gasteiger charge is 2.00. The van der Waals surface area contributed by atoms with E-state index in [1.165, 1.54) is 83.5 Å². The maximum Gasteiger partial charge on any atom is 0.342 e. The van der Waals surface area contributed by atoms with E-state index in [2.05, 4.69) is 11.8 Å². The number of hydrogen-bond donors (Lipinski definition) is 2. The summed E-state index contributed by atoms with van der Waals surface area (Å²) >= 11 is 0. The number of phenols is 1. The molecule has 0 spiro atoms. The molecule has 1 aromatic rings. The van der Waals surface area contributed by atoms with E-state index in [0.717, 1.165) is 18.4 Å². The largest absolute Gasteiger partial charge is 0.508 e. The van der Waals surface area contributed by atoms with Crippen LogP contribution in [0, 0.1) is 6.92 Å². The second-order valence-corrected chi connectivity index (χ2v) is 8.00. The third kappa shape index (κ3) is 21.0. The van der Waals surface area contributed by atoms with E-state index in [1.54, 1.807) is 12.1 Å². The first kappa shape index (κ1) is 27.5. The summed E-state index contributed by atoms with van der Waals surface area (Å²) in [7, 11) is 0. The Bertz CT molecular complexity index is 470. The predicted octanol–water partition coefficient (Wildman–Crippen LogP) is 7.96. The summed E-state index contributed by atoms with van der Waals surface area (Å²) in [6.07, 6.45) is 20.0. The first-order chi connectivity index (χ1) is 14.1. The Hall–Kier alpha value is -1.55. The van der Waals surface area contributed by atoms with Crippen LogP contribution in [0.25, 0.3) is 0 Å². The van der Waals surface area contributed by atoms with Crippen molar-refractivity contribution in [3.8, 4) is 5.75 Å². The van der Waals surface area contributed by atoms with E-state index in [1.807, 2.05) is 19.1 Å². The lowest BCUT2D eigenvalue weighted by molar-refractivity contribution is -0.234. The number of unbranched alkanes of at least 4 members (excludes halogenated alkanes) is 14. The van der Waals surface area contributed by atoms with Crippen LogP contribution in [0.2, 0.25) is 0 Å². The lowest BCUT2D eigenvalue weighted by Gasteiger charge is -2.03. The smallest absolute Gasteiger partial charge is 0.342 e. The minimum Gasteiger partial charge on any atom is -0.508 e. The van der Waals surface area contributed by atoms with Crippen LogP contribution in [-0.2, 0) is 9.68 Å². The molecule has 0 aliphatic rings. The second kappa shape index (κ2) is 21.2. The zero-order valence-corrected chi connectivity index (χ0v) is 18.8. The van der Waals surface area contributed by atoms with Crippen LogP contribution in [0.1, 0.15) is 115 Å². The lowest BCUT2D eigenvalue weighted by Crippen LogP contribution is -1.99. The molecule has 0 fully saturated rings. The quantitative estimate of drug-likeness (QED) is 0.165. The standard InChI is InChI=1S/C18H36O3.C7H8O/c1-2-3-4-5-6-7-8-9-10-11-12-13-14-15-16-17-18(19)21-20;1-6-3-2-4-7(8)5-6/h20H,2-17H2,1H3;2-5,8H,1H3. The van der Waals surface area contributed by atoms with Crippen molar-refractivity contribution in [2.45, 2.75) is 117 Å². The maximum absolute atomic E-state index is 10.7. The molecule has 4 nitrogen and oxygen atoms in total. The number of carbonyl (C=O) groups excluding carboxylic acids is 1. The molecule has 1 rings (SSSR count). The zero-order chi connectivity index (χ0) is 21.6. The van der Waals surface area contributed by atoms with E-state index >= 15 is 0 Å². The fraction of sp³-hybridized carbons (Fsp3) is 0.720. The summed E-state index contributed by atoms with van der Waals surface area (Å²) in [6.45, 7) is 4.21. The van der Waals surface area contributed by atoms with Crippen molar-refractivity contribution < 1.29 is 20.0 Å². The maximum atomic E-state index is 10.7. The van der Waals surface area contributed by atoms with Crippen LogP contribution in [0.4, 0.5) is 0 Å². The van der Waals surface area contributed by atoms with Gasteiger partial charge in [0.05, 0.1) is 0 Å². The molecule has 29 heavy (non-hydrogen) atoms. The average molecular weight is 409 g/mol. The molecule has 0 radical (unpaired) electrons. The van der Waals surface area contributed by atoms with Gasteiger partial charge in [-0.2, -0.15) is 5.26 Å². The highest BCUT2D eigenvalue weighted by molar-refractivity contribution is 5.68. The van der Waals surface area contributed by atoms with Crippen molar-refractivity contribution in [1.82, 2.24) is 0 Å². The van der Waals surface area contributed by atoms with Crippen molar-refractivity contribution in [1.29, 1.82) is 0 Å². The molecule has 0 aliphatic heterocycles. The number of aryl methyl sites for hydroxylation is 1. The molecular weight excluding hydrogens is 364 g/mol. The van der Waals surface area contributed by atoms with Gasteiger partial charge in [-0.1, -0.05) is 109 Å². The van der Waals surface area contributed by atoms with Crippen molar-refractivity contribution in [2.24, 2.45) is 0 Å². The molecule has 4 heteroatoms. The fourth-order valence-corrected chi connectivity index (χ4v) is 3.31. The molecule has 1 aromatic carbocycles. The lowest BCUT2D eigenvalue weighted by atomic mass is 10.0. The second-order valence-electron chi connectivity index (χ2n) is 8.00. The van der Waals surface area contributed by atoms with Gasteiger partial charge in [-0.15, -0.1) is 0 Å². The van der Waals surface area contributed by atoms with Crippen LogP contribution in [-0.4, -0.2) is 16.3 Å². The molecule has 168 valence electrons. The van der Waals surface area contributed by atoms with Crippen LogP contribution in [0.5, 0.6) is 5.75 Å². The van der Waals surface area contributed by atoms with Gasteiger partial charge in [0.2, 0.25) is 0 Å². The van der Waals surface area contributed by atoms with E-state index in [4.69, 9.17) is 10.4 Å². The van der Waals surface area contributed by atoms with E-state index in [-0.39, 0.29) is 0 Å². The van der Waals surface area contributed by atoms with Gasteiger partial charge in [0.25, 0.3) is 0 Å². The highest BCUT2D eigenvalue weighted by atomic mass is 17.1. The third-order valence-electron chi connectivity index (χ3n) is 5.09. The SMILES string of the molecule is CCCCCCCCCCCCCCCCCC(=O)OO.Cc1cccc(O)c1.